The van der Waals surface area contributed by atoms with Crippen molar-refractivity contribution in [2.75, 3.05) is 5.32 Å². The molecule has 0 atom stereocenters. The number of imidazole rings is 1. The number of hydrogen-bond donors (Lipinski definition) is 1. The summed E-state index contributed by atoms with van der Waals surface area (Å²) in [6.45, 7) is 2.51. The van der Waals surface area contributed by atoms with Gasteiger partial charge >= 0.3 is 0 Å². The van der Waals surface area contributed by atoms with Crippen LogP contribution in [0.2, 0.25) is 0 Å². The minimum Gasteiger partial charge on any atom is -0.467 e. The maximum Gasteiger partial charge on any atom is 0.167 e. The van der Waals surface area contributed by atoms with Crippen molar-refractivity contribution in [2.45, 2.75) is 13.5 Å². The van der Waals surface area contributed by atoms with Gasteiger partial charge in [0.15, 0.2) is 11.3 Å². The first-order valence-electron chi connectivity index (χ1n) is 6.93. The Hall–Kier alpha value is -2.96. The van der Waals surface area contributed by atoms with E-state index >= 15 is 0 Å². The van der Waals surface area contributed by atoms with Crippen molar-refractivity contribution >= 4 is 28.0 Å². The van der Waals surface area contributed by atoms with E-state index in [1.807, 2.05) is 36.7 Å². The highest BCUT2D eigenvalue weighted by Gasteiger charge is 2.11. The van der Waals surface area contributed by atoms with E-state index in [-0.39, 0.29) is 0 Å². The first-order chi connectivity index (χ1) is 10.7. The Morgan fingerprint density at radius 1 is 1.27 bits per heavy atom. The molecule has 4 aromatic rings. The molecule has 110 valence electrons. The molecule has 4 rings (SSSR count). The molecule has 22 heavy (non-hydrogen) atoms. The van der Waals surface area contributed by atoms with Crippen molar-refractivity contribution in [3.05, 3.63) is 42.4 Å². The van der Waals surface area contributed by atoms with Gasteiger partial charge < -0.3 is 14.3 Å². The number of furan rings is 1. The van der Waals surface area contributed by atoms with Crippen molar-refractivity contribution in [3.8, 4) is 0 Å². The lowest BCUT2D eigenvalue weighted by molar-refractivity contribution is 0.518. The van der Waals surface area contributed by atoms with Crippen LogP contribution in [0.15, 0.2) is 35.2 Å². The van der Waals surface area contributed by atoms with Gasteiger partial charge in [-0.1, -0.05) is 0 Å². The van der Waals surface area contributed by atoms with Crippen LogP contribution in [0.25, 0.3) is 22.2 Å². The molecule has 0 aromatic carbocycles. The molecule has 4 aromatic heterocycles. The van der Waals surface area contributed by atoms with Crippen molar-refractivity contribution < 1.29 is 4.42 Å². The maximum atomic E-state index is 5.32. The van der Waals surface area contributed by atoms with Gasteiger partial charge in [-0.3, -0.25) is 0 Å². The number of hydrogen-bond acceptors (Lipinski definition) is 6. The number of anilines is 1. The average Bonchev–Trinajstić information content (AvgIpc) is 3.13. The molecule has 0 aliphatic rings. The van der Waals surface area contributed by atoms with Gasteiger partial charge in [-0.2, -0.15) is 0 Å². The van der Waals surface area contributed by atoms with Crippen LogP contribution in [0.5, 0.6) is 0 Å². The van der Waals surface area contributed by atoms with Crippen LogP contribution < -0.4 is 5.32 Å². The zero-order valence-electron chi connectivity index (χ0n) is 12.2. The number of nitrogens with zero attached hydrogens (tertiary/aromatic N) is 5. The third kappa shape index (κ3) is 1.98. The molecule has 0 saturated carbocycles. The lowest BCUT2D eigenvalue weighted by Crippen LogP contribution is -2.02. The summed E-state index contributed by atoms with van der Waals surface area (Å²) >= 11 is 0. The third-order valence-electron chi connectivity index (χ3n) is 3.68. The van der Waals surface area contributed by atoms with Gasteiger partial charge in [-0.25, -0.2) is 19.9 Å². The SMILES string of the molecule is Cc1nc2cc3c(NCc4ccco4)ncnc3nc2n1C. The zero-order valence-corrected chi connectivity index (χ0v) is 12.2. The van der Waals surface area contributed by atoms with Crippen LogP contribution in [0.3, 0.4) is 0 Å². The minimum atomic E-state index is 0.554. The van der Waals surface area contributed by atoms with Crippen molar-refractivity contribution in [1.29, 1.82) is 0 Å². The van der Waals surface area contributed by atoms with E-state index in [9.17, 15) is 0 Å². The molecule has 0 amide bonds. The molecule has 4 heterocycles. The number of rotatable bonds is 3. The summed E-state index contributed by atoms with van der Waals surface area (Å²) in [5.41, 5.74) is 2.30. The zero-order chi connectivity index (χ0) is 15.1. The van der Waals surface area contributed by atoms with Gasteiger partial charge in [0.2, 0.25) is 0 Å². The summed E-state index contributed by atoms with van der Waals surface area (Å²) in [6.07, 6.45) is 3.16. The molecule has 0 bridgehead atoms. The molecule has 0 fully saturated rings. The van der Waals surface area contributed by atoms with E-state index in [4.69, 9.17) is 4.42 Å². The Morgan fingerprint density at radius 2 is 2.18 bits per heavy atom. The Morgan fingerprint density at radius 3 is 3.00 bits per heavy atom. The number of aromatic nitrogens is 5. The molecule has 0 aliphatic carbocycles. The van der Waals surface area contributed by atoms with E-state index in [0.717, 1.165) is 34.0 Å². The summed E-state index contributed by atoms with van der Waals surface area (Å²) in [6, 6.07) is 5.74. The standard InChI is InChI=1S/C15H14N6O/c1-9-19-12-6-11-13(16-7-10-4-3-5-22-10)17-8-18-14(11)20-15(12)21(9)2/h3-6,8H,7H2,1-2H3,(H,16,17,18,20). The molecule has 7 heteroatoms. The second-order valence-electron chi connectivity index (χ2n) is 5.08. The van der Waals surface area contributed by atoms with E-state index in [1.165, 1.54) is 6.33 Å². The van der Waals surface area contributed by atoms with Gasteiger partial charge in [-0.15, -0.1) is 0 Å². The topological polar surface area (TPSA) is 81.7 Å². The van der Waals surface area contributed by atoms with Crippen molar-refractivity contribution in [1.82, 2.24) is 24.5 Å². The summed E-state index contributed by atoms with van der Waals surface area (Å²) in [4.78, 5) is 17.7. The molecule has 0 saturated heterocycles. The highest BCUT2D eigenvalue weighted by Crippen LogP contribution is 2.23. The Bertz CT molecular complexity index is 957. The fraction of sp³-hybridized carbons (Fsp3) is 0.200. The predicted octanol–water partition coefficient (Wildman–Crippen LogP) is 2.43. The van der Waals surface area contributed by atoms with E-state index < -0.39 is 0 Å². The maximum absolute atomic E-state index is 5.32. The monoisotopic (exact) mass is 294 g/mol. The second-order valence-corrected chi connectivity index (χ2v) is 5.08. The molecule has 1 N–H and O–H groups in total. The van der Waals surface area contributed by atoms with Gasteiger partial charge in [0.1, 0.15) is 29.2 Å². The smallest absolute Gasteiger partial charge is 0.167 e. The Labute approximate surface area is 126 Å². The molecule has 7 nitrogen and oxygen atoms in total. The Balaban J connectivity index is 1.81. The molecule has 0 radical (unpaired) electrons. The first kappa shape index (κ1) is 12.8. The second kappa shape index (κ2) is 4.80. The normalized spacial score (nSPS) is 11.4. The lowest BCUT2D eigenvalue weighted by atomic mass is 10.3. The first-order valence-corrected chi connectivity index (χ1v) is 6.93. The molecule has 0 spiro atoms. The Kier molecular flexibility index (Phi) is 2.78. The van der Waals surface area contributed by atoms with Crippen LogP contribution in [-0.2, 0) is 13.6 Å². The van der Waals surface area contributed by atoms with Crippen LogP contribution in [-0.4, -0.2) is 24.5 Å². The van der Waals surface area contributed by atoms with E-state index in [0.29, 0.717) is 12.2 Å². The summed E-state index contributed by atoms with van der Waals surface area (Å²) in [5.74, 6) is 2.48. The number of fused-ring (bicyclic) bond motifs is 2. The van der Waals surface area contributed by atoms with Crippen LogP contribution in [0, 0.1) is 6.92 Å². The van der Waals surface area contributed by atoms with E-state index in [1.54, 1.807) is 6.26 Å². The number of nitrogens with one attached hydrogen (secondary N) is 1. The quantitative estimate of drug-likeness (QED) is 0.625. The van der Waals surface area contributed by atoms with Gasteiger partial charge in [0, 0.05) is 7.05 Å². The number of aryl methyl sites for hydroxylation is 2. The highest BCUT2D eigenvalue weighted by atomic mass is 16.3. The number of pyridine rings is 1. The third-order valence-corrected chi connectivity index (χ3v) is 3.68. The van der Waals surface area contributed by atoms with Crippen LogP contribution >= 0.6 is 0 Å². The largest absolute Gasteiger partial charge is 0.467 e. The summed E-state index contributed by atoms with van der Waals surface area (Å²) in [5, 5.41) is 4.10. The van der Waals surface area contributed by atoms with Gasteiger partial charge in [0.05, 0.1) is 18.2 Å². The van der Waals surface area contributed by atoms with Crippen molar-refractivity contribution in [2.24, 2.45) is 7.05 Å². The summed E-state index contributed by atoms with van der Waals surface area (Å²) < 4.78 is 7.27. The highest BCUT2D eigenvalue weighted by molar-refractivity contribution is 5.94. The van der Waals surface area contributed by atoms with Crippen LogP contribution in [0.4, 0.5) is 5.82 Å². The lowest BCUT2D eigenvalue weighted by Gasteiger charge is -2.06. The van der Waals surface area contributed by atoms with E-state index in [2.05, 4.69) is 25.3 Å². The van der Waals surface area contributed by atoms with Crippen LogP contribution in [0.1, 0.15) is 11.6 Å². The minimum absolute atomic E-state index is 0.554. The van der Waals surface area contributed by atoms with Gasteiger partial charge in [-0.05, 0) is 25.1 Å². The molecular formula is C15H14N6O. The molecule has 0 unspecified atom stereocenters. The molecular weight excluding hydrogens is 280 g/mol. The van der Waals surface area contributed by atoms with Crippen molar-refractivity contribution in [3.63, 3.8) is 0 Å². The predicted molar refractivity (Wildman–Crippen MR) is 82.4 cm³/mol. The van der Waals surface area contributed by atoms with Gasteiger partial charge in [0.25, 0.3) is 0 Å². The summed E-state index contributed by atoms with van der Waals surface area (Å²) in [7, 11) is 1.95. The fourth-order valence-electron chi connectivity index (χ4n) is 2.42. The molecule has 0 aliphatic heterocycles. The fourth-order valence-corrected chi connectivity index (χ4v) is 2.42. The average molecular weight is 294 g/mol.